The van der Waals surface area contributed by atoms with Gasteiger partial charge in [0.15, 0.2) is 0 Å². The number of aliphatic hydroxyl groups excluding tert-OH is 1. The van der Waals surface area contributed by atoms with Gasteiger partial charge in [-0.3, -0.25) is 14.3 Å². The number of hydrogen-bond acceptors (Lipinski definition) is 5. The predicted octanol–water partition coefficient (Wildman–Crippen LogP) is 1.75. The number of carbonyl (C=O) groups excluding carboxylic acids is 2. The summed E-state index contributed by atoms with van der Waals surface area (Å²) >= 11 is 5.32. The second-order valence-corrected chi connectivity index (χ2v) is 8.09. The zero-order valence-corrected chi connectivity index (χ0v) is 18.0. The normalized spacial score (nSPS) is 18.5. The molecule has 1 aromatic carbocycles. The second-order valence-electron chi connectivity index (χ2n) is 7.69. The molecule has 1 aromatic heterocycles. The molecule has 4 rings (SSSR count). The molecule has 0 radical (unpaired) electrons. The number of amides is 2. The summed E-state index contributed by atoms with van der Waals surface area (Å²) in [5, 5.41) is 15.8. The third-order valence-electron chi connectivity index (χ3n) is 5.29. The molecule has 2 N–H and O–H groups in total. The Kier molecular flexibility index (Phi) is 7.24. The fourth-order valence-electron chi connectivity index (χ4n) is 3.70. The Morgan fingerprint density at radius 1 is 1.29 bits per heavy atom. The summed E-state index contributed by atoms with van der Waals surface area (Å²) in [6.45, 7) is 3.06. The van der Waals surface area contributed by atoms with Crippen LogP contribution in [0.2, 0.25) is 5.02 Å². The number of aliphatic hydroxyl groups is 1. The van der Waals surface area contributed by atoms with Crippen LogP contribution in [0, 0.1) is 17.6 Å². The number of benzene rings is 1. The van der Waals surface area contributed by atoms with E-state index in [2.05, 4.69) is 17.0 Å². The highest BCUT2D eigenvalue weighted by atomic mass is 35.5. The minimum atomic E-state index is -0.857. The van der Waals surface area contributed by atoms with Gasteiger partial charge < -0.3 is 20.2 Å². The van der Waals surface area contributed by atoms with Crippen molar-refractivity contribution < 1.29 is 23.5 Å². The Labute approximate surface area is 183 Å². The van der Waals surface area contributed by atoms with Gasteiger partial charge in [-0.1, -0.05) is 11.6 Å². The number of anilines is 1. The molecule has 0 saturated heterocycles. The number of carbonyl (C=O) groups is 2. The van der Waals surface area contributed by atoms with Crippen molar-refractivity contribution in [2.24, 2.45) is 5.92 Å². The zero-order chi connectivity index (χ0) is 22.7. The first-order valence-electron chi connectivity index (χ1n) is 9.73. The maximum Gasteiger partial charge on any atom is 0.272 e. The molecule has 31 heavy (non-hydrogen) atoms. The summed E-state index contributed by atoms with van der Waals surface area (Å²) in [5.74, 6) is -1.62. The monoisotopic (exact) mass is 455 g/mol. The fraction of sp³-hybridized carbons (Fsp3) is 0.450. The highest BCUT2D eigenvalue weighted by Gasteiger charge is 2.32. The lowest BCUT2D eigenvalue weighted by Gasteiger charge is -2.23. The van der Waals surface area contributed by atoms with Crippen molar-refractivity contribution in [3.63, 3.8) is 0 Å². The molecule has 1 unspecified atom stereocenters. The minimum Gasteiger partial charge on any atom is -0.396 e. The molecule has 8 nitrogen and oxygen atoms in total. The van der Waals surface area contributed by atoms with Gasteiger partial charge in [-0.25, -0.2) is 8.78 Å². The number of nitrogens with zero attached hydrogens (tertiary/aromatic N) is 4. The average molecular weight is 456 g/mol. The third kappa shape index (κ3) is 5.03. The smallest absolute Gasteiger partial charge is 0.272 e. The minimum absolute atomic E-state index is 0.0278. The van der Waals surface area contributed by atoms with Gasteiger partial charge in [0.1, 0.15) is 17.3 Å². The predicted molar refractivity (Wildman–Crippen MR) is 111 cm³/mol. The number of hydrogen-bond donors (Lipinski definition) is 2. The van der Waals surface area contributed by atoms with Crippen LogP contribution in [0.3, 0.4) is 0 Å². The van der Waals surface area contributed by atoms with Crippen LogP contribution in [0.15, 0.2) is 12.1 Å². The maximum atomic E-state index is 12.7. The fourth-order valence-corrected chi connectivity index (χ4v) is 3.86. The van der Waals surface area contributed by atoms with Crippen LogP contribution in [0.1, 0.15) is 21.7 Å². The van der Waals surface area contributed by atoms with Gasteiger partial charge in [-0.15, -0.1) is 0 Å². The van der Waals surface area contributed by atoms with Gasteiger partial charge in [0, 0.05) is 63.8 Å². The van der Waals surface area contributed by atoms with Gasteiger partial charge in [0.05, 0.1) is 16.4 Å². The van der Waals surface area contributed by atoms with Crippen molar-refractivity contribution in [1.29, 1.82) is 0 Å². The number of aromatic nitrogens is 2. The van der Waals surface area contributed by atoms with Crippen molar-refractivity contribution >= 4 is 29.6 Å². The molecule has 168 valence electrons. The molecule has 0 fully saturated rings. The highest BCUT2D eigenvalue weighted by Crippen LogP contribution is 2.26. The van der Waals surface area contributed by atoms with Gasteiger partial charge in [-0.2, -0.15) is 5.10 Å². The number of rotatable bonds is 3. The topological polar surface area (TPSA) is 90.7 Å². The molecule has 2 amide bonds. The average Bonchev–Trinajstić information content (AvgIpc) is 3.02. The molecular formula is C20H24ClF2N5O3. The Bertz CT molecular complexity index is 984. The molecule has 0 saturated carbocycles. The van der Waals surface area contributed by atoms with Gasteiger partial charge in [0.25, 0.3) is 5.91 Å². The van der Waals surface area contributed by atoms with Crippen LogP contribution in [-0.4, -0.2) is 70.8 Å². The van der Waals surface area contributed by atoms with E-state index in [1.165, 1.54) is 0 Å². The first-order chi connectivity index (χ1) is 14.7. The van der Waals surface area contributed by atoms with Crippen LogP contribution in [0.25, 0.3) is 0 Å². The lowest BCUT2D eigenvalue weighted by molar-refractivity contribution is -0.105. The first-order valence-corrected chi connectivity index (χ1v) is 10.1. The van der Waals surface area contributed by atoms with Gasteiger partial charge >= 0.3 is 0 Å². The van der Waals surface area contributed by atoms with Crippen LogP contribution in [0.4, 0.5) is 14.5 Å². The van der Waals surface area contributed by atoms with E-state index in [1.807, 2.05) is 10.00 Å². The number of fused-ring (bicyclic) bond motifs is 3. The second kappa shape index (κ2) is 9.71. The lowest BCUT2D eigenvalue weighted by Crippen LogP contribution is -2.33. The summed E-state index contributed by atoms with van der Waals surface area (Å²) in [7, 11) is 3.86. The van der Waals surface area contributed by atoms with E-state index in [1.54, 1.807) is 11.9 Å². The largest absolute Gasteiger partial charge is 0.396 e. The van der Waals surface area contributed by atoms with Gasteiger partial charge in [-0.05, 0) is 13.1 Å². The van der Waals surface area contributed by atoms with Crippen molar-refractivity contribution in [2.45, 2.75) is 19.5 Å². The van der Waals surface area contributed by atoms with E-state index in [-0.39, 0.29) is 35.6 Å². The Balaban J connectivity index is 0.000000196. The molecule has 2 aliphatic heterocycles. The third-order valence-corrected chi connectivity index (χ3v) is 5.58. The highest BCUT2D eigenvalue weighted by molar-refractivity contribution is 6.31. The van der Waals surface area contributed by atoms with E-state index < -0.39 is 11.6 Å². The Morgan fingerprint density at radius 3 is 2.71 bits per heavy atom. The molecule has 11 heteroatoms. The van der Waals surface area contributed by atoms with E-state index >= 15 is 0 Å². The SMILES string of the molecule is CN1CCc2nn3c(c2C1)C(=O)N(C)CC(CO)C3.O=CNc1cc(Cl)c(F)cc1F. The van der Waals surface area contributed by atoms with Crippen LogP contribution in [-0.2, 0) is 24.3 Å². The van der Waals surface area contributed by atoms with Crippen molar-refractivity contribution in [3.8, 4) is 0 Å². The maximum absolute atomic E-state index is 12.7. The summed E-state index contributed by atoms with van der Waals surface area (Å²) < 4.78 is 27.0. The van der Waals surface area contributed by atoms with Crippen LogP contribution in [0.5, 0.6) is 0 Å². The van der Waals surface area contributed by atoms with Crippen molar-refractivity contribution in [3.05, 3.63) is 45.7 Å². The first kappa shape index (κ1) is 23.1. The summed E-state index contributed by atoms with van der Waals surface area (Å²) in [6, 6.07) is 1.61. The van der Waals surface area contributed by atoms with Gasteiger partial charge in [0.2, 0.25) is 6.41 Å². The summed E-state index contributed by atoms with van der Waals surface area (Å²) in [4.78, 5) is 26.3. The van der Waals surface area contributed by atoms with E-state index in [0.29, 0.717) is 19.2 Å². The van der Waals surface area contributed by atoms with Crippen molar-refractivity contribution in [2.75, 3.05) is 39.1 Å². The van der Waals surface area contributed by atoms with Crippen LogP contribution >= 0.6 is 11.6 Å². The van der Waals surface area contributed by atoms with Crippen molar-refractivity contribution in [1.82, 2.24) is 19.6 Å². The molecular weight excluding hydrogens is 432 g/mol. The molecule has 2 aliphatic rings. The van der Waals surface area contributed by atoms with Crippen LogP contribution < -0.4 is 5.32 Å². The van der Waals surface area contributed by atoms with E-state index in [9.17, 15) is 23.5 Å². The zero-order valence-electron chi connectivity index (χ0n) is 17.2. The number of likely N-dealkylation sites (N-methyl/N-ethyl adjacent to an activating group) is 1. The number of nitrogens with one attached hydrogen (secondary N) is 1. The molecule has 1 atom stereocenters. The molecule has 3 heterocycles. The molecule has 0 aliphatic carbocycles. The summed E-state index contributed by atoms with van der Waals surface area (Å²) in [5.41, 5.74) is 2.70. The lowest BCUT2D eigenvalue weighted by atomic mass is 10.1. The number of halogens is 3. The Hall–Kier alpha value is -2.56. The quantitative estimate of drug-likeness (QED) is 0.543. The molecule has 0 bridgehead atoms. The molecule has 0 spiro atoms. The summed E-state index contributed by atoms with van der Waals surface area (Å²) in [6.07, 6.45) is 1.18. The van der Waals surface area contributed by atoms with E-state index in [0.717, 1.165) is 42.5 Å². The molecule has 2 aromatic rings. The van der Waals surface area contributed by atoms with E-state index in [4.69, 9.17) is 11.6 Å². The standard InChI is InChI=1S/C13H20N4O2.C7H4ClF2NO/c1-15-4-3-11-10(7-15)12-13(19)16(2)5-9(8-18)6-17(12)14-11;8-4-1-7(11-3-12)6(10)2-5(4)9/h9,18H,3-8H2,1-2H3;1-3H,(H,11,12). The Morgan fingerprint density at radius 2 is 2.03 bits per heavy atom.